The Bertz CT molecular complexity index is 931. The van der Waals surface area contributed by atoms with E-state index in [1.807, 2.05) is 13.1 Å². The maximum absolute atomic E-state index is 14.9. The molecule has 1 N–H and O–H groups in total. The van der Waals surface area contributed by atoms with Gasteiger partial charge >= 0.3 is 0 Å². The number of likely N-dealkylation sites (tertiary alicyclic amines) is 1. The van der Waals surface area contributed by atoms with Crippen molar-refractivity contribution in [2.75, 3.05) is 33.2 Å². The maximum atomic E-state index is 14.9. The fraction of sp³-hybridized carbons (Fsp3) is 0.548. The topological polar surface area (TPSA) is 40.0 Å². The van der Waals surface area contributed by atoms with Crippen LogP contribution in [-0.2, 0) is 12.8 Å². The summed E-state index contributed by atoms with van der Waals surface area (Å²) in [6.45, 7) is 17.6. The molecule has 0 saturated carbocycles. The summed E-state index contributed by atoms with van der Waals surface area (Å²) in [6, 6.07) is 5.76. The van der Waals surface area contributed by atoms with Crippen molar-refractivity contribution >= 4 is 24.5 Å². The van der Waals surface area contributed by atoms with E-state index in [0.717, 1.165) is 94.4 Å². The summed E-state index contributed by atoms with van der Waals surface area (Å²) in [5.74, 6) is 1.10. The number of nitrogens with one attached hydrogen (secondary N) is 1. The number of hydrogen-bond donors (Lipinski definition) is 1. The zero-order valence-electron chi connectivity index (χ0n) is 23.0. The van der Waals surface area contributed by atoms with E-state index >= 15 is 0 Å². The third-order valence-electron chi connectivity index (χ3n) is 7.38. The van der Waals surface area contributed by atoms with Crippen molar-refractivity contribution in [3.05, 3.63) is 70.8 Å². The number of halogens is 2. The number of benzene rings is 1. The van der Waals surface area contributed by atoms with Gasteiger partial charge in [0, 0.05) is 44.2 Å². The van der Waals surface area contributed by atoms with Crippen LogP contribution in [0.15, 0.2) is 63.8 Å². The molecule has 0 aliphatic carbocycles. The lowest BCUT2D eigenvalue weighted by molar-refractivity contribution is 0.242. The van der Waals surface area contributed by atoms with Crippen molar-refractivity contribution in [1.29, 1.82) is 0 Å². The zero-order chi connectivity index (χ0) is 27.0. The van der Waals surface area contributed by atoms with Gasteiger partial charge in [-0.2, -0.15) is 0 Å². The Labute approximate surface area is 229 Å². The molecule has 0 bridgehead atoms. The van der Waals surface area contributed by atoms with Crippen LogP contribution in [0.3, 0.4) is 0 Å². The summed E-state index contributed by atoms with van der Waals surface area (Å²) in [6.07, 6.45) is 12.3. The number of rotatable bonds is 17. The quantitative estimate of drug-likeness (QED) is 0.130. The largest absolute Gasteiger partial charge is 0.375 e. The van der Waals surface area contributed by atoms with E-state index in [0.29, 0.717) is 23.3 Å². The molecule has 1 aromatic carbocycles. The molecule has 37 heavy (non-hydrogen) atoms. The van der Waals surface area contributed by atoms with E-state index in [1.54, 1.807) is 12.3 Å². The third kappa shape index (κ3) is 11.8. The van der Waals surface area contributed by atoms with Crippen molar-refractivity contribution in [3.8, 4) is 0 Å². The van der Waals surface area contributed by atoms with E-state index in [1.165, 1.54) is 11.8 Å². The molecule has 0 aromatic heterocycles. The highest BCUT2D eigenvalue weighted by Gasteiger charge is 2.21. The second-order valence-electron chi connectivity index (χ2n) is 10.3. The molecule has 1 unspecified atom stereocenters. The van der Waals surface area contributed by atoms with E-state index < -0.39 is 0 Å². The van der Waals surface area contributed by atoms with Gasteiger partial charge in [-0.05, 0) is 94.8 Å². The molecule has 1 saturated heterocycles. The highest BCUT2D eigenvalue weighted by Crippen LogP contribution is 2.26. The van der Waals surface area contributed by atoms with Gasteiger partial charge in [0.25, 0.3) is 0 Å². The van der Waals surface area contributed by atoms with Crippen molar-refractivity contribution < 1.29 is 4.39 Å². The molecule has 1 atom stereocenters. The van der Waals surface area contributed by atoms with Gasteiger partial charge in [0.05, 0.1) is 5.03 Å². The van der Waals surface area contributed by atoms with Gasteiger partial charge in [-0.15, -0.1) is 0 Å². The first-order valence-electron chi connectivity index (χ1n) is 13.6. The Morgan fingerprint density at radius 3 is 2.62 bits per heavy atom. The van der Waals surface area contributed by atoms with Crippen LogP contribution in [0, 0.1) is 17.7 Å². The third-order valence-corrected chi connectivity index (χ3v) is 7.57. The van der Waals surface area contributed by atoms with Crippen molar-refractivity contribution in [2.24, 2.45) is 21.8 Å². The molecule has 0 amide bonds. The molecule has 1 aliphatic rings. The van der Waals surface area contributed by atoms with Crippen LogP contribution < -0.4 is 5.32 Å². The van der Waals surface area contributed by atoms with Crippen LogP contribution in [-0.4, -0.2) is 51.1 Å². The maximum Gasteiger partial charge on any atom is 0.127 e. The average molecular weight is 529 g/mol. The first kappa shape index (κ1) is 31.0. The van der Waals surface area contributed by atoms with Gasteiger partial charge in [0.1, 0.15) is 5.82 Å². The minimum Gasteiger partial charge on any atom is -0.375 e. The van der Waals surface area contributed by atoms with Crippen molar-refractivity contribution in [2.45, 2.75) is 64.7 Å². The van der Waals surface area contributed by atoms with Crippen molar-refractivity contribution in [1.82, 2.24) is 10.2 Å². The van der Waals surface area contributed by atoms with E-state index in [9.17, 15) is 4.39 Å². The van der Waals surface area contributed by atoms with Crippen LogP contribution in [0.5, 0.6) is 0 Å². The molecule has 4 nitrogen and oxygen atoms in total. The number of aliphatic imine (C=N–C) groups is 2. The second kappa shape index (κ2) is 17.3. The SMILES string of the molecule is C=N/C=C(/Cl)C=NCCC(CCCCc1ccc(CC(=C)N2CCC(C(=C)C)CC2)c(F)c1)CCNC. The van der Waals surface area contributed by atoms with Crippen LogP contribution in [0.2, 0.25) is 0 Å². The van der Waals surface area contributed by atoms with E-state index in [-0.39, 0.29) is 5.82 Å². The molecule has 6 heteroatoms. The van der Waals surface area contributed by atoms with E-state index in [2.05, 4.69) is 53.1 Å². The Morgan fingerprint density at radius 1 is 1.22 bits per heavy atom. The number of unbranched alkanes of at least 4 members (excludes halogenated alkanes) is 1. The number of piperidine rings is 1. The van der Waals surface area contributed by atoms with Gasteiger partial charge in [-0.1, -0.05) is 55.3 Å². The first-order valence-corrected chi connectivity index (χ1v) is 14.0. The molecule has 204 valence electrons. The predicted octanol–water partition coefficient (Wildman–Crippen LogP) is 7.35. The molecule has 0 spiro atoms. The van der Waals surface area contributed by atoms with Crippen LogP contribution >= 0.6 is 11.6 Å². The monoisotopic (exact) mass is 528 g/mol. The first-order chi connectivity index (χ1) is 17.8. The van der Waals surface area contributed by atoms with Gasteiger partial charge in [-0.25, -0.2) is 4.39 Å². The number of aryl methyl sites for hydroxylation is 1. The lowest BCUT2D eigenvalue weighted by Gasteiger charge is -2.35. The highest BCUT2D eigenvalue weighted by molar-refractivity contribution is 6.39. The molecular formula is C31H46ClFN4. The smallest absolute Gasteiger partial charge is 0.127 e. The minimum atomic E-state index is -0.111. The highest BCUT2D eigenvalue weighted by atomic mass is 35.5. The summed E-state index contributed by atoms with van der Waals surface area (Å²) in [5.41, 5.74) is 4.09. The standard InChI is InChI=1S/C31H46ClFN4/c1-24(2)28-14-18-37(19-15-28)25(3)20-29-11-10-27(21-31(29)33)9-7-6-8-26(12-16-34-4)13-17-36-23-30(32)22-35-5/h10-11,21-23,26,28,34H,1,3,5-9,12-20H2,2,4H3/b30-22+,36-23?. The Morgan fingerprint density at radius 2 is 1.97 bits per heavy atom. The summed E-state index contributed by atoms with van der Waals surface area (Å²) in [5, 5.41) is 3.74. The summed E-state index contributed by atoms with van der Waals surface area (Å²) in [4.78, 5) is 10.4. The number of hydrogen-bond acceptors (Lipinski definition) is 4. The summed E-state index contributed by atoms with van der Waals surface area (Å²) >= 11 is 5.97. The average Bonchev–Trinajstić information content (AvgIpc) is 2.88. The normalized spacial score (nSPS) is 15.8. The molecule has 0 radical (unpaired) electrons. The van der Waals surface area contributed by atoms with E-state index in [4.69, 9.17) is 11.6 Å². The van der Waals surface area contributed by atoms with Gasteiger partial charge in [0.2, 0.25) is 0 Å². The van der Waals surface area contributed by atoms with Crippen LogP contribution in [0.4, 0.5) is 4.39 Å². The van der Waals surface area contributed by atoms with Crippen LogP contribution in [0.25, 0.3) is 0 Å². The van der Waals surface area contributed by atoms with Gasteiger partial charge in [0.15, 0.2) is 0 Å². The van der Waals surface area contributed by atoms with Gasteiger partial charge < -0.3 is 10.2 Å². The summed E-state index contributed by atoms with van der Waals surface area (Å²) in [7, 11) is 1.99. The molecular weight excluding hydrogens is 483 g/mol. The Hall–Kier alpha value is -2.24. The second-order valence-corrected chi connectivity index (χ2v) is 10.7. The lowest BCUT2D eigenvalue weighted by atomic mass is 9.90. The van der Waals surface area contributed by atoms with Gasteiger partial charge in [-0.3, -0.25) is 9.98 Å². The molecule has 1 heterocycles. The fourth-order valence-corrected chi connectivity index (χ4v) is 5.12. The minimum absolute atomic E-state index is 0.111. The fourth-order valence-electron chi connectivity index (χ4n) is 4.98. The lowest BCUT2D eigenvalue weighted by Crippen LogP contribution is -2.33. The zero-order valence-corrected chi connectivity index (χ0v) is 23.7. The molecule has 1 aliphatic heterocycles. The Balaban J connectivity index is 1.76. The molecule has 1 fully saturated rings. The molecule has 2 rings (SSSR count). The number of allylic oxidation sites excluding steroid dienone is 3. The predicted molar refractivity (Wildman–Crippen MR) is 159 cm³/mol. The van der Waals surface area contributed by atoms with Crippen molar-refractivity contribution in [3.63, 3.8) is 0 Å². The number of nitrogens with zero attached hydrogens (tertiary/aromatic N) is 3. The Kier molecular flexibility index (Phi) is 14.5. The molecule has 1 aromatic rings. The van der Waals surface area contributed by atoms with Crippen LogP contribution in [0.1, 0.15) is 63.0 Å². The summed E-state index contributed by atoms with van der Waals surface area (Å²) < 4.78 is 14.9.